The minimum absolute atomic E-state index is 0.836. The molecule has 1 aliphatic carbocycles. The largest absolute Gasteiger partial charge is 0.0651 e. The second-order valence-electron chi connectivity index (χ2n) is 6.33. The van der Waals surface area contributed by atoms with Crippen LogP contribution in [0.3, 0.4) is 0 Å². The molecular weight excluding hydrogens is 180 g/mol. The van der Waals surface area contributed by atoms with E-state index < -0.39 is 0 Å². The first-order chi connectivity index (χ1) is 6.91. The molecule has 0 heteroatoms. The van der Waals surface area contributed by atoms with E-state index in [1.165, 1.54) is 6.42 Å². The second kappa shape index (κ2) is 4.89. The average molecular weight is 210 g/mol. The summed E-state index contributed by atoms with van der Waals surface area (Å²) in [7, 11) is 0. The maximum absolute atomic E-state index is 2.50. The third-order valence-electron chi connectivity index (χ3n) is 5.52. The van der Waals surface area contributed by atoms with Crippen molar-refractivity contribution in [3.8, 4) is 0 Å². The molecule has 6 unspecified atom stereocenters. The highest BCUT2D eigenvalue weighted by Crippen LogP contribution is 2.51. The Morgan fingerprint density at radius 2 is 1.40 bits per heavy atom. The van der Waals surface area contributed by atoms with Crippen LogP contribution in [-0.4, -0.2) is 0 Å². The van der Waals surface area contributed by atoms with Crippen LogP contribution < -0.4 is 0 Å². The van der Waals surface area contributed by atoms with E-state index in [2.05, 4.69) is 48.5 Å². The van der Waals surface area contributed by atoms with Crippen LogP contribution >= 0.6 is 0 Å². The first-order valence-corrected chi connectivity index (χ1v) is 6.91. The highest BCUT2D eigenvalue weighted by Gasteiger charge is 2.45. The number of rotatable bonds is 3. The number of hydrogen-bond acceptors (Lipinski definition) is 0. The zero-order chi connectivity index (χ0) is 11.7. The molecule has 0 aromatic rings. The molecule has 6 atom stereocenters. The molecular formula is C15H30. The average Bonchev–Trinajstić information content (AvgIpc) is 2.37. The predicted octanol–water partition coefficient (Wildman–Crippen LogP) is 4.84. The Hall–Kier alpha value is 0. The molecule has 0 saturated heterocycles. The minimum Gasteiger partial charge on any atom is -0.0651 e. The lowest BCUT2D eigenvalue weighted by Crippen LogP contribution is -2.25. The maximum Gasteiger partial charge on any atom is -0.0329 e. The van der Waals surface area contributed by atoms with Gasteiger partial charge in [-0.3, -0.25) is 0 Å². The Labute approximate surface area is 96.8 Å². The van der Waals surface area contributed by atoms with Gasteiger partial charge in [-0.15, -0.1) is 0 Å². The fraction of sp³-hybridized carbons (Fsp3) is 1.00. The van der Waals surface area contributed by atoms with Crippen molar-refractivity contribution in [1.29, 1.82) is 0 Å². The summed E-state index contributed by atoms with van der Waals surface area (Å²) >= 11 is 0. The van der Waals surface area contributed by atoms with Gasteiger partial charge in [0, 0.05) is 0 Å². The first kappa shape index (κ1) is 13.1. The molecule has 0 spiro atoms. The Kier molecular flexibility index (Phi) is 4.26. The van der Waals surface area contributed by atoms with Gasteiger partial charge < -0.3 is 0 Å². The van der Waals surface area contributed by atoms with Gasteiger partial charge in [-0.25, -0.2) is 0 Å². The third-order valence-corrected chi connectivity index (χ3v) is 5.52. The van der Waals surface area contributed by atoms with Crippen LogP contribution in [0, 0.1) is 41.4 Å². The normalized spacial score (nSPS) is 43.6. The van der Waals surface area contributed by atoms with E-state index in [9.17, 15) is 0 Å². The topological polar surface area (TPSA) is 0 Å². The molecule has 0 N–H and O–H groups in total. The summed E-state index contributed by atoms with van der Waals surface area (Å²) in [5, 5.41) is 0. The fourth-order valence-corrected chi connectivity index (χ4v) is 4.13. The highest BCUT2D eigenvalue weighted by molar-refractivity contribution is 4.93. The minimum atomic E-state index is 0.836. The van der Waals surface area contributed by atoms with E-state index in [4.69, 9.17) is 0 Å². The van der Waals surface area contributed by atoms with Crippen molar-refractivity contribution in [3.05, 3.63) is 0 Å². The summed E-state index contributed by atoms with van der Waals surface area (Å²) in [6, 6.07) is 0. The highest BCUT2D eigenvalue weighted by atomic mass is 14.5. The second-order valence-corrected chi connectivity index (χ2v) is 6.33. The molecule has 15 heavy (non-hydrogen) atoms. The summed E-state index contributed by atoms with van der Waals surface area (Å²) < 4.78 is 0. The zero-order valence-corrected chi connectivity index (χ0v) is 11.7. The van der Waals surface area contributed by atoms with Gasteiger partial charge >= 0.3 is 0 Å². The molecule has 0 heterocycles. The van der Waals surface area contributed by atoms with Crippen LogP contribution in [0.1, 0.15) is 54.9 Å². The Balaban J connectivity index is 2.82. The molecule has 0 aromatic carbocycles. The molecule has 0 amide bonds. The van der Waals surface area contributed by atoms with Crippen LogP contribution in [0.15, 0.2) is 0 Å². The van der Waals surface area contributed by atoms with Crippen molar-refractivity contribution in [2.24, 2.45) is 41.4 Å². The van der Waals surface area contributed by atoms with E-state index in [0.29, 0.717) is 0 Å². The first-order valence-electron chi connectivity index (χ1n) is 6.91. The maximum atomic E-state index is 2.50. The van der Waals surface area contributed by atoms with Gasteiger partial charge in [-0.2, -0.15) is 0 Å². The lowest BCUT2D eigenvalue weighted by molar-refractivity contribution is 0.175. The van der Waals surface area contributed by atoms with E-state index in [1.54, 1.807) is 0 Å². The fourth-order valence-electron chi connectivity index (χ4n) is 4.13. The van der Waals surface area contributed by atoms with Crippen molar-refractivity contribution in [2.75, 3.05) is 0 Å². The monoisotopic (exact) mass is 210 g/mol. The number of hydrogen-bond donors (Lipinski definition) is 0. The molecule has 0 aliphatic heterocycles. The third kappa shape index (κ3) is 2.24. The van der Waals surface area contributed by atoms with Crippen LogP contribution in [0.25, 0.3) is 0 Å². The molecule has 0 bridgehead atoms. The molecule has 0 aromatic heterocycles. The standard InChI is InChI=1S/C15H30/c1-8-14-11(5)12(6)15(13(14)7)10(4)9(2)3/h9-15H,8H2,1-7H3. The molecule has 1 saturated carbocycles. The summed E-state index contributed by atoms with van der Waals surface area (Å²) in [4.78, 5) is 0. The molecule has 90 valence electrons. The van der Waals surface area contributed by atoms with Gasteiger partial charge in [0.25, 0.3) is 0 Å². The summed E-state index contributed by atoms with van der Waals surface area (Å²) in [5.41, 5.74) is 0. The van der Waals surface area contributed by atoms with Crippen molar-refractivity contribution in [3.63, 3.8) is 0 Å². The molecule has 1 aliphatic rings. The zero-order valence-electron chi connectivity index (χ0n) is 11.7. The van der Waals surface area contributed by atoms with E-state index in [1.807, 2.05) is 0 Å². The van der Waals surface area contributed by atoms with Gasteiger partial charge in [0.1, 0.15) is 0 Å². The summed E-state index contributed by atoms with van der Waals surface area (Å²) in [5.74, 6) is 6.41. The molecule has 0 radical (unpaired) electrons. The summed E-state index contributed by atoms with van der Waals surface area (Å²) in [6.45, 7) is 17.1. The van der Waals surface area contributed by atoms with Crippen LogP contribution in [0.4, 0.5) is 0 Å². The van der Waals surface area contributed by atoms with E-state index in [-0.39, 0.29) is 0 Å². The molecule has 1 rings (SSSR count). The lowest BCUT2D eigenvalue weighted by atomic mass is 9.74. The van der Waals surface area contributed by atoms with Gasteiger partial charge in [-0.05, 0) is 41.4 Å². The van der Waals surface area contributed by atoms with Crippen LogP contribution in [0.5, 0.6) is 0 Å². The molecule has 0 nitrogen and oxygen atoms in total. The summed E-state index contributed by atoms with van der Waals surface area (Å²) in [6.07, 6.45) is 1.37. The SMILES string of the molecule is CCC1C(C)C(C)C(C(C)C(C)C)C1C. The smallest absolute Gasteiger partial charge is 0.0329 e. The Bertz CT molecular complexity index is 194. The van der Waals surface area contributed by atoms with Crippen LogP contribution in [0.2, 0.25) is 0 Å². The van der Waals surface area contributed by atoms with Gasteiger partial charge in [0.2, 0.25) is 0 Å². The van der Waals surface area contributed by atoms with E-state index in [0.717, 1.165) is 41.4 Å². The van der Waals surface area contributed by atoms with Crippen molar-refractivity contribution in [2.45, 2.75) is 54.9 Å². The van der Waals surface area contributed by atoms with Crippen LogP contribution in [-0.2, 0) is 0 Å². The Morgan fingerprint density at radius 3 is 1.73 bits per heavy atom. The Morgan fingerprint density at radius 1 is 0.867 bits per heavy atom. The van der Waals surface area contributed by atoms with Gasteiger partial charge in [0.15, 0.2) is 0 Å². The van der Waals surface area contributed by atoms with Gasteiger partial charge in [0.05, 0.1) is 0 Å². The lowest BCUT2D eigenvalue weighted by Gasteiger charge is -2.31. The van der Waals surface area contributed by atoms with E-state index >= 15 is 0 Å². The quantitative estimate of drug-likeness (QED) is 0.625. The van der Waals surface area contributed by atoms with Gasteiger partial charge in [-0.1, -0.05) is 54.9 Å². The predicted molar refractivity (Wildman–Crippen MR) is 68.8 cm³/mol. The van der Waals surface area contributed by atoms with Crippen molar-refractivity contribution < 1.29 is 0 Å². The van der Waals surface area contributed by atoms with Crippen molar-refractivity contribution >= 4 is 0 Å². The van der Waals surface area contributed by atoms with Crippen molar-refractivity contribution in [1.82, 2.24) is 0 Å². The molecule has 1 fully saturated rings.